The first-order valence-electron chi connectivity index (χ1n) is 30.2. The molecule has 0 amide bonds. The van der Waals surface area contributed by atoms with E-state index in [0.717, 1.165) is 57.8 Å². The van der Waals surface area contributed by atoms with Crippen LogP contribution >= 0.6 is 0 Å². The highest BCUT2D eigenvalue weighted by atomic mass is 16.5. The summed E-state index contributed by atoms with van der Waals surface area (Å²) in [5, 5.41) is 0. The van der Waals surface area contributed by atoms with Crippen LogP contribution in [0, 0.1) is 28.6 Å². The first kappa shape index (κ1) is 57.7. The van der Waals surface area contributed by atoms with E-state index < -0.39 is 0 Å². The number of rotatable bonds is 40. The molecule has 0 N–H and O–H groups in total. The summed E-state index contributed by atoms with van der Waals surface area (Å²) >= 11 is 0. The number of hydrogen-bond acceptors (Lipinski definition) is 4. The predicted octanol–water partition coefficient (Wildman–Crippen LogP) is 20.0. The molecule has 0 unspecified atom stereocenters. The van der Waals surface area contributed by atoms with E-state index in [4.69, 9.17) is 9.47 Å². The van der Waals surface area contributed by atoms with Crippen LogP contribution in [0.15, 0.2) is 36.0 Å². The summed E-state index contributed by atoms with van der Waals surface area (Å²) in [6.45, 7) is 9.58. The molecule has 0 spiro atoms. The molecule has 67 heavy (non-hydrogen) atoms. The molecule has 3 saturated carbocycles. The lowest BCUT2D eigenvalue weighted by Gasteiger charge is -2.57. The van der Waals surface area contributed by atoms with Gasteiger partial charge in [-0.05, 0) is 132 Å². The van der Waals surface area contributed by atoms with Crippen LogP contribution in [0.5, 0.6) is 0 Å². The van der Waals surface area contributed by atoms with Gasteiger partial charge in [0, 0.05) is 24.7 Å². The van der Waals surface area contributed by atoms with Crippen molar-refractivity contribution in [2.24, 2.45) is 28.6 Å². The van der Waals surface area contributed by atoms with Crippen LogP contribution in [0.25, 0.3) is 0 Å². The zero-order chi connectivity index (χ0) is 47.7. The molecule has 386 valence electrons. The molecule has 4 aliphatic carbocycles. The van der Waals surface area contributed by atoms with E-state index in [1.807, 2.05) is 0 Å². The Hall–Kier alpha value is -1.84. The summed E-state index contributed by atoms with van der Waals surface area (Å²) in [5.74, 6) is 2.09. The van der Waals surface area contributed by atoms with Crippen molar-refractivity contribution < 1.29 is 19.1 Å². The smallest absolute Gasteiger partial charge is 0.306 e. The average Bonchev–Trinajstić information content (AvgIpc) is 3.65. The molecule has 4 rings (SSSR count). The maximum atomic E-state index is 13.2. The number of esters is 2. The number of ether oxygens (including phenoxy) is 2. The third-order valence-corrected chi connectivity index (χ3v) is 17.8. The molecule has 0 aliphatic heterocycles. The summed E-state index contributed by atoms with van der Waals surface area (Å²) in [6.07, 6.45) is 67.0. The Morgan fingerprint density at radius 1 is 0.493 bits per heavy atom. The first-order valence-corrected chi connectivity index (χ1v) is 30.2. The average molecular weight is 932 g/mol. The molecular weight excluding hydrogens is 821 g/mol. The van der Waals surface area contributed by atoms with Crippen molar-refractivity contribution in [3.63, 3.8) is 0 Å². The van der Waals surface area contributed by atoms with E-state index in [9.17, 15) is 9.59 Å². The zero-order valence-corrected chi connectivity index (χ0v) is 45.0. The molecule has 0 saturated heterocycles. The second kappa shape index (κ2) is 35.3. The van der Waals surface area contributed by atoms with Gasteiger partial charge in [-0.3, -0.25) is 9.59 Å². The van der Waals surface area contributed by atoms with Gasteiger partial charge in [-0.1, -0.05) is 218 Å². The Morgan fingerprint density at radius 3 is 1.37 bits per heavy atom. The van der Waals surface area contributed by atoms with Gasteiger partial charge in [0.2, 0.25) is 0 Å². The predicted molar refractivity (Wildman–Crippen MR) is 287 cm³/mol. The van der Waals surface area contributed by atoms with Gasteiger partial charge in [-0.15, -0.1) is 0 Å². The summed E-state index contributed by atoms with van der Waals surface area (Å²) in [6, 6.07) is 0. The van der Waals surface area contributed by atoms with Crippen LogP contribution in [-0.4, -0.2) is 24.1 Å². The molecule has 0 bridgehead atoms. The fourth-order valence-electron chi connectivity index (χ4n) is 13.4. The van der Waals surface area contributed by atoms with Gasteiger partial charge in [0.25, 0.3) is 0 Å². The van der Waals surface area contributed by atoms with Crippen molar-refractivity contribution in [1.82, 2.24) is 0 Å². The molecule has 0 aromatic heterocycles. The largest absolute Gasteiger partial charge is 0.462 e. The van der Waals surface area contributed by atoms with Gasteiger partial charge >= 0.3 is 11.9 Å². The Bertz CT molecular complexity index is 1380. The van der Waals surface area contributed by atoms with Crippen LogP contribution in [0.1, 0.15) is 310 Å². The van der Waals surface area contributed by atoms with Crippen molar-refractivity contribution in [3.05, 3.63) is 36.0 Å². The van der Waals surface area contributed by atoms with Gasteiger partial charge in [0.1, 0.15) is 12.2 Å². The SMILES string of the molecule is CCCCCCCC/C=C\CCCCCCCCCCCC(=O)O[C@H]1CC[C@@]2(C)C(=CC[C@H]3[C@@H]4CC[C@H](OC(=O)CCCCCCCCCCC/C=C\CCCCCCCC)[C@@]4(C)CC[C@@H]32)C1. The van der Waals surface area contributed by atoms with Crippen molar-refractivity contribution in [3.8, 4) is 0 Å². The highest BCUT2D eigenvalue weighted by Gasteiger charge is 2.59. The quantitative estimate of drug-likeness (QED) is 0.0349. The first-order chi connectivity index (χ1) is 32.8. The van der Waals surface area contributed by atoms with E-state index in [2.05, 4.69) is 58.1 Å². The van der Waals surface area contributed by atoms with Crippen LogP contribution in [0.4, 0.5) is 0 Å². The zero-order valence-electron chi connectivity index (χ0n) is 45.0. The number of fused-ring (bicyclic) bond motifs is 5. The second-order valence-corrected chi connectivity index (χ2v) is 23.2. The standard InChI is InChI=1S/C63H110O4/c1-5-7-9-11-13-15-17-19-21-23-25-27-29-31-33-35-37-39-41-43-60(64)66-55-49-51-62(3)54(53-55)45-46-56-57-47-48-59(63(57,4)52-50-58(56)62)67-61(65)44-42-40-38-36-34-32-30-28-26-24-22-20-18-16-14-12-10-8-6-2/h19-22,45,55-59H,5-18,23-44,46-53H2,1-4H3/b21-19-,22-20-/t55-,56-,57-,58-,59-,62-,63-/m0/s1. The summed E-state index contributed by atoms with van der Waals surface area (Å²) in [4.78, 5) is 26.1. The fraction of sp³-hybridized carbons (Fsp3) is 0.873. The number of carbonyl (C=O) groups excluding carboxylic acids is 2. The summed E-state index contributed by atoms with van der Waals surface area (Å²) in [7, 11) is 0. The molecule has 0 aromatic rings. The molecular formula is C63H110O4. The fourth-order valence-corrected chi connectivity index (χ4v) is 13.4. The van der Waals surface area contributed by atoms with Gasteiger partial charge in [-0.2, -0.15) is 0 Å². The van der Waals surface area contributed by atoms with Crippen molar-refractivity contribution in [1.29, 1.82) is 0 Å². The third-order valence-electron chi connectivity index (χ3n) is 17.8. The van der Waals surface area contributed by atoms with Gasteiger partial charge in [0.15, 0.2) is 0 Å². The number of carbonyl (C=O) groups is 2. The van der Waals surface area contributed by atoms with E-state index in [0.29, 0.717) is 30.6 Å². The van der Waals surface area contributed by atoms with Crippen molar-refractivity contribution >= 4 is 11.9 Å². The van der Waals surface area contributed by atoms with Crippen LogP contribution in [0.2, 0.25) is 0 Å². The number of hydrogen-bond donors (Lipinski definition) is 0. The van der Waals surface area contributed by atoms with Crippen molar-refractivity contribution in [2.45, 2.75) is 322 Å². The van der Waals surface area contributed by atoms with Crippen LogP contribution < -0.4 is 0 Å². The lowest BCUT2D eigenvalue weighted by Crippen LogP contribution is -2.51. The molecule has 4 nitrogen and oxygen atoms in total. The Labute approximate surface area is 416 Å². The lowest BCUT2D eigenvalue weighted by molar-refractivity contribution is -0.159. The normalized spacial score (nSPS) is 25.9. The number of unbranched alkanes of at least 4 members (excludes halogenated alkanes) is 30. The third kappa shape index (κ3) is 22.0. The highest BCUT2D eigenvalue weighted by Crippen LogP contribution is 2.65. The molecule has 3 fully saturated rings. The molecule has 4 heteroatoms. The van der Waals surface area contributed by atoms with E-state index >= 15 is 0 Å². The molecule has 0 radical (unpaired) electrons. The van der Waals surface area contributed by atoms with E-state index in [1.54, 1.807) is 5.57 Å². The second-order valence-electron chi connectivity index (χ2n) is 23.2. The summed E-state index contributed by atoms with van der Waals surface area (Å²) < 4.78 is 12.5. The van der Waals surface area contributed by atoms with Gasteiger partial charge < -0.3 is 9.47 Å². The van der Waals surface area contributed by atoms with E-state index in [-0.39, 0.29) is 35.0 Å². The minimum absolute atomic E-state index is 0.0256. The van der Waals surface area contributed by atoms with Gasteiger partial charge in [-0.25, -0.2) is 0 Å². The van der Waals surface area contributed by atoms with Crippen molar-refractivity contribution in [2.75, 3.05) is 0 Å². The molecule has 0 heterocycles. The van der Waals surface area contributed by atoms with E-state index in [1.165, 1.54) is 212 Å². The Kier molecular flexibility index (Phi) is 30.4. The molecule has 4 aliphatic rings. The maximum Gasteiger partial charge on any atom is 0.306 e. The topological polar surface area (TPSA) is 52.6 Å². The molecule has 7 atom stereocenters. The number of allylic oxidation sites excluding steroid dienone is 5. The minimum Gasteiger partial charge on any atom is -0.462 e. The monoisotopic (exact) mass is 931 g/mol. The van der Waals surface area contributed by atoms with Crippen LogP contribution in [0.3, 0.4) is 0 Å². The highest BCUT2D eigenvalue weighted by molar-refractivity contribution is 5.70. The Morgan fingerprint density at radius 2 is 0.910 bits per heavy atom. The van der Waals surface area contributed by atoms with Gasteiger partial charge in [0.05, 0.1) is 0 Å². The summed E-state index contributed by atoms with van der Waals surface area (Å²) in [5.41, 5.74) is 1.90. The molecule has 0 aromatic carbocycles. The Balaban J connectivity index is 0.987. The van der Waals surface area contributed by atoms with Crippen LogP contribution in [-0.2, 0) is 19.1 Å². The maximum absolute atomic E-state index is 13.2. The lowest BCUT2D eigenvalue weighted by atomic mass is 9.48. The minimum atomic E-state index is 0.0256.